The van der Waals surface area contributed by atoms with Crippen LogP contribution in [-0.2, 0) is 0 Å². The quantitative estimate of drug-likeness (QED) is 0.926. The Morgan fingerprint density at radius 2 is 1.84 bits per heavy atom. The number of hydrogen-bond donors (Lipinski definition) is 1. The van der Waals surface area contributed by atoms with E-state index in [-0.39, 0.29) is 12.5 Å². The molecule has 1 atom stereocenters. The van der Waals surface area contributed by atoms with E-state index in [0.29, 0.717) is 5.52 Å². The molecule has 2 aromatic rings. The molecule has 0 fully saturated rings. The monoisotopic (exact) mass is 269 g/mol. The minimum atomic E-state index is -4.13. The molecule has 19 heavy (non-hydrogen) atoms. The molecule has 0 amide bonds. The first-order chi connectivity index (χ1) is 8.99. The average molecular weight is 269 g/mol. The zero-order valence-electron chi connectivity index (χ0n) is 10.4. The Bertz CT molecular complexity index is 554. The molecule has 0 aliphatic rings. The van der Waals surface area contributed by atoms with Crippen LogP contribution in [0.4, 0.5) is 13.2 Å². The number of hydrogen-bond acceptors (Lipinski definition) is 3. The summed E-state index contributed by atoms with van der Waals surface area (Å²) >= 11 is 0. The summed E-state index contributed by atoms with van der Waals surface area (Å²) in [6, 6.07) is 5.00. The number of aromatic nitrogens is 2. The van der Waals surface area contributed by atoms with Crippen molar-refractivity contribution in [1.29, 1.82) is 0 Å². The molecule has 0 saturated heterocycles. The molecule has 0 saturated carbocycles. The molecule has 0 aliphatic heterocycles. The lowest BCUT2D eigenvalue weighted by Gasteiger charge is -2.17. The van der Waals surface area contributed by atoms with Gasteiger partial charge in [0.05, 0.1) is 11.0 Å². The topological polar surface area (TPSA) is 37.8 Å². The molecule has 0 spiro atoms. The van der Waals surface area contributed by atoms with Gasteiger partial charge in [-0.15, -0.1) is 0 Å². The highest BCUT2D eigenvalue weighted by molar-refractivity contribution is 5.74. The van der Waals surface area contributed by atoms with Crippen molar-refractivity contribution in [3.63, 3.8) is 0 Å². The molecule has 0 bridgehead atoms. The summed E-state index contributed by atoms with van der Waals surface area (Å²) in [5.74, 6) is 0. The van der Waals surface area contributed by atoms with E-state index in [9.17, 15) is 13.2 Å². The van der Waals surface area contributed by atoms with Crippen LogP contribution in [0.5, 0.6) is 0 Å². The standard InChI is InChI=1S/C13H14F3N3/c1-17-10(4-5-13(14,15)16)9-2-3-11-12(8-9)19-7-6-18-11/h2-3,6-8,10,17H,4-5H2,1H3. The predicted molar refractivity (Wildman–Crippen MR) is 66.6 cm³/mol. The maximum Gasteiger partial charge on any atom is 0.389 e. The van der Waals surface area contributed by atoms with E-state index in [1.807, 2.05) is 0 Å². The number of alkyl halides is 3. The summed E-state index contributed by atoms with van der Waals surface area (Å²) in [6.45, 7) is 0. The molecule has 0 aliphatic carbocycles. The summed E-state index contributed by atoms with van der Waals surface area (Å²) < 4.78 is 36.8. The summed E-state index contributed by atoms with van der Waals surface area (Å²) in [4.78, 5) is 8.28. The summed E-state index contributed by atoms with van der Waals surface area (Å²) in [5.41, 5.74) is 2.21. The number of rotatable bonds is 4. The fourth-order valence-electron chi connectivity index (χ4n) is 1.98. The van der Waals surface area contributed by atoms with Gasteiger partial charge in [-0.3, -0.25) is 9.97 Å². The second kappa shape index (κ2) is 5.52. The predicted octanol–water partition coefficient (Wildman–Crippen LogP) is 3.23. The van der Waals surface area contributed by atoms with Crippen LogP contribution in [0.2, 0.25) is 0 Å². The van der Waals surface area contributed by atoms with Gasteiger partial charge in [0, 0.05) is 24.9 Å². The number of fused-ring (bicyclic) bond motifs is 1. The van der Waals surface area contributed by atoms with E-state index in [4.69, 9.17) is 0 Å². The van der Waals surface area contributed by atoms with Gasteiger partial charge in [0.1, 0.15) is 0 Å². The highest BCUT2D eigenvalue weighted by Gasteiger charge is 2.28. The first-order valence-corrected chi connectivity index (χ1v) is 5.94. The third kappa shape index (κ3) is 3.64. The van der Waals surface area contributed by atoms with E-state index in [1.165, 1.54) is 0 Å². The van der Waals surface area contributed by atoms with Crippen molar-refractivity contribution in [3.05, 3.63) is 36.2 Å². The number of nitrogens with one attached hydrogen (secondary N) is 1. The fourth-order valence-corrected chi connectivity index (χ4v) is 1.98. The van der Waals surface area contributed by atoms with Gasteiger partial charge < -0.3 is 5.32 Å². The normalized spacial score (nSPS) is 13.7. The SMILES string of the molecule is CNC(CCC(F)(F)F)c1ccc2nccnc2c1. The first kappa shape index (κ1) is 13.7. The van der Waals surface area contributed by atoms with E-state index >= 15 is 0 Å². The second-order valence-corrected chi connectivity index (χ2v) is 4.30. The van der Waals surface area contributed by atoms with Crippen LogP contribution in [0.25, 0.3) is 11.0 Å². The van der Waals surface area contributed by atoms with Crippen LogP contribution in [0.15, 0.2) is 30.6 Å². The van der Waals surface area contributed by atoms with Gasteiger partial charge in [-0.25, -0.2) is 0 Å². The molecule has 1 heterocycles. The Kier molecular flexibility index (Phi) is 3.99. The van der Waals surface area contributed by atoms with Crippen LogP contribution in [0.1, 0.15) is 24.4 Å². The van der Waals surface area contributed by atoms with Gasteiger partial charge in [0.15, 0.2) is 0 Å². The Morgan fingerprint density at radius 3 is 2.47 bits per heavy atom. The van der Waals surface area contributed by atoms with Crippen LogP contribution in [-0.4, -0.2) is 23.2 Å². The highest BCUT2D eigenvalue weighted by atomic mass is 19.4. The van der Waals surface area contributed by atoms with Crippen molar-refractivity contribution in [2.24, 2.45) is 0 Å². The molecular formula is C13H14F3N3. The minimum absolute atomic E-state index is 0.00572. The van der Waals surface area contributed by atoms with Crippen molar-refractivity contribution in [1.82, 2.24) is 15.3 Å². The van der Waals surface area contributed by atoms with Crippen molar-refractivity contribution >= 4 is 11.0 Å². The first-order valence-electron chi connectivity index (χ1n) is 5.94. The fraction of sp³-hybridized carbons (Fsp3) is 0.385. The van der Waals surface area contributed by atoms with Crippen LogP contribution in [0, 0.1) is 0 Å². The van der Waals surface area contributed by atoms with E-state index in [0.717, 1.165) is 11.1 Å². The van der Waals surface area contributed by atoms with Crippen molar-refractivity contribution in [2.75, 3.05) is 7.05 Å². The Hall–Kier alpha value is -1.69. The largest absolute Gasteiger partial charge is 0.389 e. The molecule has 1 N–H and O–H groups in total. The molecule has 2 rings (SSSR count). The zero-order chi connectivity index (χ0) is 13.9. The maximum atomic E-state index is 12.3. The third-order valence-electron chi connectivity index (χ3n) is 2.96. The van der Waals surface area contributed by atoms with Gasteiger partial charge in [0.2, 0.25) is 0 Å². The Morgan fingerprint density at radius 1 is 1.16 bits per heavy atom. The Labute approximate surface area is 108 Å². The lowest BCUT2D eigenvalue weighted by Crippen LogP contribution is -2.19. The molecule has 3 nitrogen and oxygen atoms in total. The number of benzene rings is 1. The molecular weight excluding hydrogens is 255 g/mol. The number of halogens is 3. The molecule has 6 heteroatoms. The van der Waals surface area contributed by atoms with E-state index in [1.54, 1.807) is 37.6 Å². The van der Waals surface area contributed by atoms with Crippen LogP contribution in [0.3, 0.4) is 0 Å². The lowest BCUT2D eigenvalue weighted by atomic mass is 10.0. The molecule has 1 unspecified atom stereocenters. The highest BCUT2D eigenvalue weighted by Crippen LogP contribution is 2.28. The van der Waals surface area contributed by atoms with Crippen LogP contribution < -0.4 is 5.32 Å². The molecule has 0 radical (unpaired) electrons. The molecule has 102 valence electrons. The third-order valence-corrected chi connectivity index (χ3v) is 2.96. The van der Waals surface area contributed by atoms with Crippen LogP contribution >= 0.6 is 0 Å². The van der Waals surface area contributed by atoms with Gasteiger partial charge in [-0.05, 0) is 31.2 Å². The van der Waals surface area contributed by atoms with Gasteiger partial charge in [-0.1, -0.05) is 6.07 Å². The minimum Gasteiger partial charge on any atom is -0.313 e. The average Bonchev–Trinajstić information content (AvgIpc) is 2.38. The van der Waals surface area contributed by atoms with E-state index < -0.39 is 12.6 Å². The molecule has 1 aromatic carbocycles. The van der Waals surface area contributed by atoms with Crippen molar-refractivity contribution < 1.29 is 13.2 Å². The van der Waals surface area contributed by atoms with E-state index in [2.05, 4.69) is 15.3 Å². The van der Waals surface area contributed by atoms with Gasteiger partial charge >= 0.3 is 6.18 Å². The summed E-state index contributed by atoms with van der Waals surface area (Å²) in [5, 5.41) is 2.91. The van der Waals surface area contributed by atoms with Gasteiger partial charge in [-0.2, -0.15) is 13.2 Å². The van der Waals surface area contributed by atoms with Gasteiger partial charge in [0.25, 0.3) is 0 Å². The Balaban J connectivity index is 2.20. The van der Waals surface area contributed by atoms with Crippen molar-refractivity contribution in [3.8, 4) is 0 Å². The summed E-state index contributed by atoms with van der Waals surface area (Å²) in [6.07, 6.45) is -1.79. The summed E-state index contributed by atoms with van der Waals surface area (Å²) in [7, 11) is 1.65. The number of nitrogens with zero attached hydrogens (tertiary/aromatic N) is 2. The van der Waals surface area contributed by atoms with Crippen molar-refractivity contribution in [2.45, 2.75) is 25.1 Å². The maximum absolute atomic E-state index is 12.3. The lowest BCUT2D eigenvalue weighted by molar-refractivity contribution is -0.136. The molecule has 1 aromatic heterocycles. The smallest absolute Gasteiger partial charge is 0.313 e. The zero-order valence-corrected chi connectivity index (χ0v) is 10.4. The second-order valence-electron chi connectivity index (χ2n) is 4.30.